The molecule has 14 heavy (non-hydrogen) atoms. The largest absolute Gasteiger partial charge is 0.368 e. The van der Waals surface area contributed by atoms with Crippen molar-refractivity contribution in [3.8, 4) is 12.3 Å². The molecule has 0 aliphatic carbocycles. The molecule has 72 valence electrons. The Morgan fingerprint density at radius 1 is 1.64 bits per heavy atom. The summed E-state index contributed by atoms with van der Waals surface area (Å²) in [5.74, 6) is 2.36. The number of nitro benzene ring substituents is 1. The molecular weight excluding hydrogens is 248 g/mol. The number of terminal acetylenes is 1. The minimum absolute atomic E-state index is 0.00891. The van der Waals surface area contributed by atoms with Crippen LogP contribution in [-0.2, 0) is 0 Å². The van der Waals surface area contributed by atoms with E-state index in [2.05, 4.69) is 27.2 Å². The molecule has 0 saturated heterocycles. The zero-order valence-electron chi connectivity index (χ0n) is 7.16. The molecular formula is C9H7BrN2O2. The van der Waals surface area contributed by atoms with E-state index in [1.807, 2.05) is 0 Å². The molecule has 0 fully saturated rings. The highest BCUT2D eigenvalue weighted by Gasteiger charge is 2.14. The standard InChI is InChI=1S/C9H7BrN2O2/c1-2-6-11-9-7(10)4-3-5-8(9)12(13)14/h1,3-5,11H,6H2. The van der Waals surface area contributed by atoms with Crippen molar-refractivity contribution in [1.82, 2.24) is 0 Å². The van der Waals surface area contributed by atoms with Crippen molar-refractivity contribution in [2.45, 2.75) is 0 Å². The van der Waals surface area contributed by atoms with E-state index in [9.17, 15) is 10.1 Å². The van der Waals surface area contributed by atoms with Gasteiger partial charge in [-0.25, -0.2) is 0 Å². The molecule has 0 atom stereocenters. The van der Waals surface area contributed by atoms with Gasteiger partial charge in [-0.3, -0.25) is 10.1 Å². The molecule has 0 spiro atoms. The molecule has 1 N–H and O–H groups in total. The third-order valence-electron chi connectivity index (χ3n) is 1.56. The Kier molecular flexibility index (Phi) is 3.48. The predicted molar refractivity (Wildman–Crippen MR) is 58.1 cm³/mol. The second-order valence-electron chi connectivity index (χ2n) is 2.45. The summed E-state index contributed by atoms with van der Waals surface area (Å²) in [5, 5.41) is 13.4. The van der Waals surface area contributed by atoms with Gasteiger partial charge in [-0.1, -0.05) is 12.0 Å². The van der Waals surface area contributed by atoms with Gasteiger partial charge in [-0.05, 0) is 22.0 Å². The van der Waals surface area contributed by atoms with Crippen molar-refractivity contribution in [2.75, 3.05) is 11.9 Å². The highest BCUT2D eigenvalue weighted by molar-refractivity contribution is 9.10. The summed E-state index contributed by atoms with van der Waals surface area (Å²) in [4.78, 5) is 10.2. The highest BCUT2D eigenvalue weighted by atomic mass is 79.9. The van der Waals surface area contributed by atoms with E-state index >= 15 is 0 Å². The van der Waals surface area contributed by atoms with Gasteiger partial charge in [0.05, 0.1) is 11.5 Å². The number of halogens is 1. The number of nitrogens with one attached hydrogen (secondary N) is 1. The maximum Gasteiger partial charge on any atom is 0.293 e. The first-order valence-electron chi connectivity index (χ1n) is 3.77. The van der Waals surface area contributed by atoms with Crippen LogP contribution in [0.1, 0.15) is 0 Å². The lowest BCUT2D eigenvalue weighted by molar-refractivity contribution is -0.384. The van der Waals surface area contributed by atoms with Crippen LogP contribution in [-0.4, -0.2) is 11.5 Å². The minimum atomic E-state index is -0.455. The summed E-state index contributed by atoms with van der Waals surface area (Å²) < 4.78 is 0.627. The first-order chi connectivity index (χ1) is 6.66. The molecule has 0 bridgehead atoms. The highest BCUT2D eigenvalue weighted by Crippen LogP contribution is 2.31. The number of rotatable bonds is 3. The lowest BCUT2D eigenvalue weighted by atomic mass is 10.2. The second-order valence-corrected chi connectivity index (χ2v) is 3.30. The average molecular weight is 255 g/mol. The number of nitrogens with zero attached hydrogens (tertiary/aromatic N) is 1. The summed E-state index contributed by atoms with van der Waals surface area (Å²) in [6.07, 6.45) is 5.05. The zero-order chi connectivity index (χ0) is 10.6. The van der Waals surface area contributed by atoms with Crippen molar-refractivity contribution >= 4 is 27.3 Å². The van der Waals surface area contributed by atoms with Gasteiger partial charge >= 0.3 is 0 Å². The van der Waals surface area contributed by atoms with Crippen LogP contribution in [0.15, 0.2) is 22.7 Å². The molecule has 0 aliphatic rings. The first kappa shape index (κ1) is 10.5. The second kappa shape index (κ2) is 4.63. The minimum Gasteiger partial charge on any atom is -0.368 e. The third-order valence-corrected chi connectivity index (χ3v) is 2.22. The van der Waals surface area contributed by atoms with Gasteiger partial charge in [0, 0.05) is 10.5 Å². The van der Waals surface area contributed by atoms with E-state index in [4.69, 9.17) is 6.42 Å². The van der Waals surface area contributed by atoms with Crippen LogP contribution in [0.25, 0.3) is 0 Å². The number of hydrogen-bond donors (Lipinski definition) is 1. The van der Waals surface area contributed by atoms with Crippen molar-refractivity contribution in [3.05, 3.63) is 32.8 Å². The third kappa shape index (κ3) is 2.24. The van der Waals surface area contributed by atoms with Crippen molar-refractivity contribution < 1.29 is 4.92 Å². The summed E-state index contributed by atoms with van der Waals surface area (Å²) in [7, 11) is 0. The first-order valence-corrected chi connectivity index (χ1v) is 4.56. The average Bonchev–Trinajstić information content (AvgIpc) is 2.15. The maximum absolute atomic E-state index is 10.6. The predicted octanol–water partition coefficient (Wildman–Crippen LogP) is 2.40. The Balaban J connectivity index is 3.10. The van der Waals surface area contributed by atoms with Crippen LogP contribution in [0.2, 0.25) is 0 Å². The van der Waals surface area contributed by atoms with Gasteiger partial charge in [0.1, 0.15) is 5.69 Å². The Morgan fingerprint density at radius 3 is 2.93 bits per heavy atom. The van der Waals surface area contributed by atoms with Crippen LogP contribution in [0.4, 0.5) is 11.4 Å². The van der Waals surface area contributed by atoms with Gasteiger partial charge < -0.3 is 5.32 Å². The van der Waals surface area contributed by atoms with E-state index < -0.39 is 4.92 Å². The summed E-state index contributed by atoms with van der Waals surface area (Å²) in [5.41, 5.74) is 0.421. The molecule has 0 aliphatic heterocycles. The van der Waals surface area contributed by atoms with Gasteiger partial charge in [0.15, 0.2) is 0 Å². The lowest BCUT2D eigenvalue weighted by Gasteiger charge is -2.05. The van der Waals surface area contributed by atoms with Crippen molar-refractivity contribution in [3.63, 3.8) is 0 Å². The van der Waals surface area contributed by atoms with E-state index in [1.54, 1.807) is 12.1 Å². The SMILES string of the molecule is C#CCNc1c(Br)cccc1[N+](=O)[O-]. The Hall–Kier alpha value is -1.54. The zero-order valence-corrected chi connectivity index (χ0v) is 8.74. The van der Waals surface area contributed by atoms with Crippen LogP contribution in [0.3, 0.4) is 0 Å². The number of benzene rings is 1. The lowest BCUT2D eigenvalue weighted by Crippen LogP contribution is -2.02. The van der Waals surface area contributed by atoms with Crippen LogP contribution < -0.4 is 5.32 Å². The van der Waals surface area contributed by atoms with Gasteiger partial charge in [-0.2, -0.15) is 0 Å². The summed E-state index contributed by atoms with van der Waals surface area (Å²) in [6, 6.07) is 4.73. The van der Waals surface area contributed by atoms with Crippen LogP contribution in [0, 0.1) is 22.5 Å². The number of para-hydroxylation sites is 1. The van der Waals surface area contributed by atoms with Crippen molar-refractivity contribution in [2.24, 2.45) is 0 Å². The molecule has 0 heterocycles. The van der Waals surface area contributed by atoms with E-state index in [0.717, 1.165) is 0 Å². The molecule has 0 saturated carbocycles. The molecule has 0 aromatic heterocycles. The van der Waals surface area contributed by atoms with E-state index in [1.165, 1.54) is 6.07 Å². The van der Waals surface area contributed by atoms with Gasteiger partial charge in [0.25, 0.3) is 5.69 Å². The Bertz CT molecular complexity index is 398. The fourth-order valence-electron chi connectivity index (χ4n) is 0.979. The molecule has 0 unspecified atom stereocenters. The fourth-order valence-corrected chi connectivity index (χ4v) is 1.48. The maximum atomic E-state index is 10.6. The molecule has 0 radical (unpaired) electrons. The number of hydrogen-bond acceptors (Lipinski definition) is 3. The Labute approximate surface area is 89.6 Å². The monoisotopic (exact) mass is 254 g/mol. The summed E-state index contributed by atoms with van der Waals surface area (Å²) in [6.45, 7) is 0.253. The van der Waals surface area contributed by atoms with Crippen LogP contribution >= 0.6 is 15.9 Å². The summed E-state index contributed by atoms with van der Waals surface area (Å²) >= 11 is 3.21. The van der Waals surface area contributed by atoms with Crippen molar-refractivity contribution in [1.29, 1.82) is 0 Å². The molecule has 5 heteroatoms. The molecule has 1 aromatic rings. The van der Waals surface area contributed by atoms with Gasteiger partial charge in [0.2, 0.25) is 0 Å². The normalized spacial score (nSPS) is 9.14. The topological polar surface area (TPSA) is 55.2 Å². The number of anilines is 1. The molecule has 4 nitrogen and oxygen atoms in total. The smallest absolute Gasteiger partial charge is 0.293 e. The fraction of sp³-hybridized carbons (Fsp3) is 0.111. The molecule has 1 rings (SSSR count). The Morgan fingerprint density at radius 2 is 2.36 bits per heavy atom. The molecule has 1 aromatic carbocycles. The molecule has 0 amide bonds. The van der Waals surface area contributed by atoms with E-state index in [-0.39, 0.29) is 12.2 Å². The van der Waals surface area contributed by atoms with Gasteiger partial charge in [-0.15, -0.1) is 6.42 Å². The number of nitro groups is 1. The quantitative estimate of drug-likeness (QED) is 0.512. The van der Waals surface area contributed by atoms with Crippen LogP contribution in [0.5, 0.6) is 0 Å². The van der Waals surface area contributed by atoms with E-state index in [0.29, 0.717) is 10.2 Å².